The maximum atomic E-state index is 11.9. The fourth-order valence-corrected chi connectivity index (χ4v) is 2.29. The maximum absolute atomic E-state index is 11.9. The molecule has 2 heterocycles. The van der Waals surface area contributed by atoms with E-state index in [1.807, 2.05) is 20.2 Å². The van der Waals surface area contributed by atoms with Gasteiger partial charge in [0.05, 0.1) is 6.33 Å². The Morgan fingerprint density at radius 3 is 2.75 bits per heavy atom. The lowest BCUT2D eigenvalue weighted by Gasteiger charge is -2.14. The predicted octanol–water partition coefficient (Wildman–Crippen LogP) is 1.48. The molecule has 0 unspecified atom stereocenters. The van der Waals surface area contributed by atoms with Gasteiger partial charge in [0.1, 0.15) is 11.5 Å². The maximum Gasteiger partial charge on any atom is 0.271 e. The summed E-state index contributed by atoms with van der Waals surface area (Å²) in [4.78, 5) is 20.3. The summed E-state index contributed by atoms with van der Waals surface area (Å²) in [6.07, 6.45) is 5.90. The summed E-state index contributed by atoms with van der Waals surface area (Å²) in [6, 6.07) is 0.374. The molecule has 0 bridgehead atoms. The van der Waals surface area contributed by atoms with Crippen LogP contribution < -0.4 is 5.32 Å². The van der Waals surface area contributed by atoms with E-state index in [1.54, 1.807) is 17.1 Å². The van der Waals surface area contributed by atoms with E-state index in [0.717, 1.165) is 11.5 Å². The minimum absolute atomic E-state index is 0.148. The normalized spacial score (nSPS) is 11.1. The first kappa shape index (κ1) is 14.3. The zero-order valence-electron chi connectivity index (χ0n) is 12.4. The van der Waals surface area contributed by atoms with Gasteiger partial charge >= 0.3 is 0 Å². The molecule has 0 atom stereocenters. The number of nitrogens with zero attached hydrogens (tertiary/aromatic N) is 4. The van der Waals surface area contributed by atoms with Crippen LogP contribution in [-0.2, 0) is 13.5 Å². The van der Waals surface area contributed by atoms with Crippen LogP contribution in [0.2, 0.25) is 0 Å². The Morgan fingerprint density at radius 2 is 2.15 bits per heavy atom. The number of aromatic nitrogens is 4. The minimum Gasteiger partial charge on any atom is -0.350 e. The number of rotatable bonds is 5. The number of carbonyl (C=O) groups excluding carboxylic acids is 1. The second-order valence-corrected chi connectivity index (χ2v) is 5.21. The highest BCUT2D eigenvalue weighted by Crippen LogP contribution is 2.12. The molecule has 1 amide bonds. The first-order valence-corrected chi connectivity index (χ1v) is 6.78. The number of imidazole rings is 2. The molecule has 0 saturated carbocycles. The molecule has 108 valence electrons. The third-order valence-electron chi connectivity index (χ3n) is 3.15. The van der Waals surface area contributed by atoms with Crippen molar-refractivity contribution in [1.29, 1.82) is 0 Å². The Morgan fingerprint density at radius 1 is 1.40 bits per heavy atom. The van der Waals surface area contributed by atoms with E-state index < -0.39 is 0 Å². The molecule has 6 heteroatoms. The lowest BCUT2D eigenvalue weighted by atomic mass is 10.3. The summed E-state index contributed by atoms with van der Waals surface area (Å²) in [6.45, 7) is 6.86. The third-order valence-corrected chi connectivity index (χ3v) is 3.15. The average molecular weight is 275 g/mol. The highest BCUT2D eigenvalue weighted by atomic mass is 16.1. The van der Waals surface area contributed by atoms with Crippen molar-refractivity contribution < 1.29 is 4.79 Å². The Hall–Kier alpha value is -2.11. The molecule has 0 aliphatic heterocycles. The molecule has 0 saturated heterocycles. The molecule has 2 aromatic heterocycles. The quantitative estimate of drug-likeness (QED) is 0.899. The van der Waals surface area contributed by atoms with Crippen LogP contribution in [0.25, 0.3) is 0 Å². The molecule has 2 aromatic rings. The standard InChI is InChI=1S/C14H21N5O/c1-10(2)19-11(3)7-16-13(19)5-6-15-14(20)12-8-18(4)9-17-12/h7-10H,5-6H2,1-4H3,(H,15,20). The van der Waals surface area contributed by atoms with Crippen molar-refractivity contribution >= 4 is 5.91 Å². The van der Waals surface area contributed by atoms with E-state index in [9.17, 15) is 4.79 Å². The van der Waals surface area contributed by atoms with Gasteiger partial charge in [-0.2, -0.15) is 0 Å². The number of hydrogen-bond donors (Lipinski definition) is 1. The summed E-state index contributed by atoms with van der Waals surface area (Å²) in [5.74, 6) is 0.851. The van der Waals surface area contributed by atoms with Crippen LogP contribution in [0.15, 0.2) is 18.7 Å². The van der Waals surface area contributed by atoms with Crippen molar-refractivity contribution in [1.82, 2.24) is 24.4 Å². The van der Waals surface area contributed by atoms with Gasteiger partial charge in [-0.1, -0.05) is 0 Å². The van der Waals surface area contributed by atoms with Crippen LogP contribution in [0, 0.1) is 6.92 Å². The van der Waals surface area contributed by atoms with Crippen molar-refractivity contribution in [3.8, 4) is 0 Å². The van der Waals surface area contributed by atoms with Gasteiger partial charge in [0, 0.05) is 44.1 Å². The van der Waals surface area contributed by atoms with E-state index in [0.29, 0.717) is 24.7 Å². The number of hydrogen-bond acceptors (Lipinski definition) is 3. The monoisotopic (exact) mass is 275 g/mol. The summed E-state index contributed by atoms with van der Waals surface area (Å²) >= 11 is 0. The zero-order valence-corrected chi connectivity index (χ0v) is 12.4. The van der Waals surface area contributed by atoms with Crippen LogP contribution in [0.1, 0.15) is 41.9 Å². The first-order chi connectivity index (χ1) is 9.49. The molecular weight excluding hydrogens is 254 g/mol. The molecule has 6 nitrogen and oxygen atoms in total. The van der Waals surface area contributed by atoms with Crippen LogP contribution in [0.5, 0.6) is 0 Å². The van der Waals surface area contributed by atoms with E-state index in [2.05, 4.69) is 33.7 Å². The van der Waals surface area contributed by atoms with Gasteiger partial charge in [0.2, 0.25) is 0 Å². The van der Waals surface area contributed by atoms with E-state index in [-0.39, 0.29) is 5.91 Å². The largest absolute Gasteiger partial charge is 0.350 e. The van der Waals surface area contributed by atoms with Gasteiger partial charge in [0.15, 0.2) is 0 Å². The molecular formula is C14H21N5O. The van der Waals surface area contributed by atoms with Crippen molar-refractivity contribution in [2.75, 3.05) is 6.54 Å². The van der Waals surface area contributed by atoms with Crippen molar-refractivity contribution in [2.24, 2.45) is 7.05 Å². The SMILES string of the molecule is Cc1cnc(CCNC(=O)c2cn(C)cn2)n1C(C)C. The lowest BCUT2D eigenvalue weighted by Crippen LogP contribution is -2.27. The zero-order chi connectivity index (χ0) is 14.7. The highest BCUT2D eigenvalue weighted by Gasteiger charge is 2.11. The molecule has 0 aliphatic rings. The topological polar surface area (TPSA) is 64.7 Å². The number of carbonyl (C=O) groups is 1. The summed E-state index contributed by atoms with van der Waals surface area (Å²) in [5, 5.41) is 2.87. The molecule has 0 aromatic carbocycles. The lowest BCUT2D eigenvalue weighted by molar-refractivity contribution is 0.0949. The van der Waals surface area contributed by atoms with Gasteiger partial charge in [-0.05, 0) is 20.8 Å². The summed E-state index contributed by atoms with van der Waals surface area (Å²) < 4.78 is 3.94. The average Bonchev–Trinajstić information content (AvgIpc) is 2.96. The number of amides is 1. The van der Waals surface area contributed by atoms with E-state index in [4.69, 9.17) is 0 Å². The smallest absolute Gasteiger partial charge is 0.271 e. The Balaban J connectivity index is 1.92. The molecule has 0 spiro atoms. The highest BCUT2D eigenvalue weighted by molar-refractivity contribution is 5.91. The second-order valence-electron chi connectivity index (χ2n) is 5.21. The molecule has 0 aliphatic carbocycles. The summed E-state index contributed by atoms with van der Waals surface area (Å²) in [5.41, 5.74) is 1.59. The van der Waals surface area contributed by atoms with Gasteiger partial charge in [0.25, 0.3) is 5.91 Å². The first-order valence-electron chi connectivity index (χ1n) is 6.78. The van der Waals surface area contributed by atoms with Crippen LogP contribution in [0.4, 0.5) is 0 Å². The summed E-state index contributed by atoms with van der Waals surface area (Å²) in [7, 11) is 1.84. The fraction of sp³-hybridized carbons (Fsp3) is 0.500. The van der Waals surface area contributed by atoms with Gasteiger partial charge in [-0.25, -0.2) is 9.97 Å². The van der Waals surface area contributed by atoms with Gasteiger partial charge in [-0.15, -0.1) is 0 Å². The third kappa shape index (κ3) is 3.07. The van der Waals surface area contributed by atoms with E-state index in [1.165, 1.54) is 0 Å². The second kappa shape index (κ2) is 5.90. The van der Waals surface area contributed by atoms with Gasteiger partial charge in [-0.3, -0.25) is 4.79 Å². The van der Waals surface area contributed by atoms with Gasteiger partial charge < -0.3 is 14.5 Å². The van der Waals surface area contributed by atoms with Crippen LogP contribution in [-0.4, -0.2) is 31.6 Å². The number of nitrogens with one attached hydrogen (secondary N) is 1. The minimum atomic E-state index is -0.148. The number of aryl methyl sites for hydroxylation is 2. The van der Waals surface area contributed by atoms with E-state index >= 15 is 0 Å². The van der Waals surface area contributed by atoms with Crippen molar-refractivity contribution in [2.45, 2.75) is 33.2 Å². The molecule has 0 radical (unpaired) electrons. The Kier molecular flexibility index (Phi) is 4.22. The molecule has 1 N–H and O–H groups in total. The predicted molar refractivity (Wildman–Crippen MR) is 76.6 cm³/mol. The Bertz CT molecular complexity index is 596. The Labute approximate surface area is 118 Å². The molecule has 2 rings (SSSR count). The van der Waals surface area contributed by atoms with Crippen molar-refractivity contribution in [3.63, 3.8) is 0 Å². The molecule has 20 heavy (non-hydrogen) atoms. The fourth-order valence-electron chi connectivity index (χ4n) is 2.29. The van der Waals surface area contributed by atoms with Crippen LogP contribution in [0.3, 0.4) is 0 Å². The van der Waals surface area contributed by atoms with Crippen molar-refractivity contribution in [3.05, 3.63) is 35.9 Å². The van der Waals surface area contributed by atoms with Crippen LogP contribution >= 0.6 is 0 Å². The molecule has 0 fully saturated rings.